The zero-order valence-electron chi connectivity index (χ0n) is 13.1. The molecule has 0 aromatic carbocycles. The van der Waals surface area contributed by atoms with Gasteiger partial charge in [-0.15, -0.1) is 0 Å². The van der Waals surface area contributed by atoms with Crippen LogP contribution in [-0.2, 0) is 11.3 Å². The van der Waals surface area contributed by atoms with Gasteiger partial charge >= 0.3 is 0 Å². The largest absolute Gasteiger partial charge is 0.467 e. The second-order valence-corrected chi connectivity index (χ2v) is 5.76. The molecule has 23 heavy (non-hydrogen) atoms. The Hall–Kier alpha value is -2.05. The molecule has 1 saturated heterocycles. The molecule has 3 rings (SSSR count). The van der Waals surface area contributed by atoms with Crippen molar-refractivity contribution in [2.75, 3.05) is 13.7 Å². The normalized spacial score (nSPS) is 19.2. The van der Waals surface area contributed by atoms with Crippen molar-refractivity contribution in [1.82, 2.24) is 4.90 Å². The zero-order valence-corrected chi connectivity index (χ0v) is 13.1. The van der Waals surface area contributed by atoms with Crippen molar-refractivity contribution in [3.8, 4) is 0 Å². The number of rotatable bonds is 6. The Morgan fingerprint density at radius 3 is 3.09 bits per heavy atom. The summed E-state index contributed by atoms with van der Waals surface area (Å²) in [4.78, 5) is 14.4. The number of aliphatic hydroxyl groups excluding tert-OH is 1. The van der Waals surface area contributed by atoms with E-state index >= 15 is 0 Å². The summed E-state index contributed by atoms with van der Waals surface area (Å²) in [6.45, 7) is 1.02. The summed E-state index contributed by atoms with van der Waals surface area (Å²) in [5.41, 5.74) is 0. The lowest BCUT2D eigenvalue weighted by atomic mass is 10.1. The minimum absolute atomic E-state index is 0.0152. The molecule has 1 N–H and O–H groups in total. The molecule has 1 aliphatic rings. The number of aliphatic hydroxyl groups is 1. The number of hydrogen-bond donors (Lipinski definition) is 1. The lowest BCUT2D eigenvalue weighted by Crippen LogP contribution is -2.36. The van der Waals surface area contributed by atoms with Crippen LogP contribution in [-0.4, -0.2) is 35.6 Å². The third-order valence-electron chi connectivity index (χ3n) is 4.16. The Morgan fingerprint density at radius 1 is 1.48 bits per heavy atom. The number of nitrogens with zero attached hydrogens (tertiary/aromatic N) is 1. The predicted octanol–water partition coefficient (Wildman–Crippen LogP) is 2.75. The summed E-state index contributed by atoms with van der Waals surface area (Å²) in [5.74, 6) is 1.34. The number of hydrogen-bond acceptors (Lipinski definition) is 5. The SMILES string of the molecule is COCc1ccc(C(=O)N2CCCC2CC(O)c2ccco2)o1. The maximum absolute atomic E-state index is 12.6. The molecule has 2 aromatic heterocycles. The first kappa shape index (κ1) is 15.8. The molecule has 0 saturated carbocycles. The Balaban J connectivity index is 1.66. The highest BCUT2D eigenvalue weighted by Crippen LogP contribution is 2.29. The Morgan fingerprint density at radius 2 is 2.35 bits per heavy atom. The van der Waals surface area contributed by atoms with Crippen molar-refractivity contribution in [3.63, 3.8) is 0 Å². The number of methoxy groups -OCH3 is 1. The number of ether oxygens (including phenoxy) is 1. The smallest absolute Gasteiger partial charge is 0.289 e. The monoisotopic (exact) mass is 319 g/mol. The molecule has 1 aliphatic heterocycles. The standard InChI is InChI=1S/C17H21NO5/c1-21-11-13-6-7-16(23-13)17(20)18-8-2-4-12(18)10-14(19)15-5-3-9-22-15/h3,5-7,9,12,14,19H,2,4,8,10-11H2,1H3. The molecule has 1 amide bonds. The average Bonchev–Trinajstić information content (AvgIpc) is 3.28. The molecule has 2 atom stereocenters. The van der Waals surface area contributed by atoms with E-state index in [1.54, 1.807) is 36.3 Å². The quantitative estimate of drug-likeness (QED) is 0.886. The Labute approximate surface area is 134 Å². The summed E-state index contributed by atoms with van der Waals surface area (Å²) < 4.78 is 15.8. The van der Waals surface area contributed by atoms with E-state index in [0.29, 0.717) is 36.9 Å². The summed E-state index contributed by atoms with van der Waals surface area (Å²) in [6, 6.07) is 6.90. The van der Waals surface area contributed by atoms with Gasteiger partial charge in [0.05, 0.1) is 6.26 Å². The molecule has 2 aromatic rings. The van der Waals surface area contributed by atoms with Crippen LogP contribution < -0.4 is 0 Å². The topological polar surface area (TPSA) is 76.0 Å². The van der Waals surface area contributed by atoms with E-state index in [1.807, 2.05) is 0 Å². The van der Waals surface area contributed by atoms with Crippen LogP contribution in [0.1, 0.15) is 47.4 Å². The van der Waals surface area contributed by atoms with Gasteiger partial charge in [-0.05, 0) is 37.1 Å². The van der Waals surface area contributed by atoms with Crippen molar-refractivity contribution in [3.05, 3.63) is 47.8 Å². The minimum Gasteiger partial charge on any atom is -0.467 e. The molecule has 1 fully saturated rings. The van der Waals surface area contributed by atoms with Crippen molar-refractivity contribution in [2.24, 2.45) is 0 Å². The third-order valence-corrected chi connectivity index (χ3v) is 4.16. The first-order valence-electron chi connectivity index (χ1n) is 7.79. The van der Waals surface area contributed by atoms with Crippen molar-refractivity contribution in [2.45, 2.75) is 38.0 Å². The molecule has 0 radical (unpaired) electrons. The van der Waals surface area contributed by atoms with Gasteiger partial charge in [0.25, 0.3) is 5.91 Å². The van der Waals surface area contributed by atoms with E-state index in [0.717, 1.165) is 12.8 Å². The number of carbonyl (C=O) groups excluding carboxylic acids is 1. The predicted molar refractivity (Wildman–Crippen MR) is 81.8 cm³/mol. The molecule has 6 heteroatoms. The van der Waals surface area contributed by atoms with Crippen LogP contribution in [0.2, 0.25) is 0 Å². The number of amides is 1. The van der Waals surface area contributed by atoms with Gasteiger partial charge in [-0.1, -0.05) is 0 Å². The van der Waals surface area contributed by atoms with E-state index < -0.39 is 6.10 Å². The molecule has 3 heterocycles. The molecule has 0 spiro atoms. The maximum Gasteiger partial charge on any atom is 0.289 e. The van der Waals surface area contributed by atoms with Gasteiger partial charge in [-0.3, -0.25) is 4.79 Å². The molecular weight excluding hydrogens is 298 g/mol. The van der Waals surface area contributed by atoms with Gasteiger partial charge in [-0.25, -0.2) is 0 Å². The Bertz CT molecular complexity index is 633. The van der Waals surface area contributed by atoms with Crippen LogP contribution >= 0.6 is 0 Å². The number of carbonyl (C=O) groups is 1. The summed E-state index contributed by atoms with van der Waals surface area (Å²) in [5, 5.41) is 10.2. The number of likely N-dealkylation sites (tertiary alicyclic amines) is 1. The maximum atomic E-state index is 12.6. The van der Waals surface area contributed by atoms with Gasteiger partial charge in [0.1, 0.15) is 24.2 Å². The lowest BCUT2D eigenvalue weighted by Gasteiger charge is -2.25. The summed E-state index contributed by atoms with van der Waals surface area (Å²) >= 11 is 0. The van der Waals surface area contributed by atoms with Crippen LogP contribution in [0.3, 0.4) is 0 Å². The Kier molecular flexibility index (Phi) is 4.83. The average molecular weight is 319 g/mol. The zero-order chi connectivity index (χ0) is 16.2. The molecule has 0 aliphatic carbocycles. The van der Waals surface area contributed by atoms with E-state index in [1.165, 1.54) is 6.26 Å². The van der Waals surface area contributed by atoms with E-state index in [2.05, 4.69) is 0 Å². The van der Waals surface area contributed by atoms with Gasteiger partial charge in [0.2, 0.25) is 0 Å². The molecule has 2 unspecified atom stereocenters. The van der Waals surface area contributed by atoms with Crippen molar-refractivity contribution in [1.29, 1.82) is 0 Å². The van der Waals surface area contributed by atoms with Crippen LogP contribution in [0.5, 0.6) is 0 Å². The van der Waals surface area contributed by atoms with Crippen LogP contribution in [0.4, 0.5) is 0 Å². The fraction of sp³-hybridized carbons (Fsp3) is 0.471. The van der Waals surface area contributed by atoms with Gasteiger partial charge in [-0.2, -0.15) is 0 Å². The van der Waals surface area contributed by atoms with Crippen LogP contribution in [0, 0.1) is 0 Å². The summed E-state index contributed by atoms with van der Waals surface area (Å²) in [6.07, 6.45) is 3.09. The fourth-order valence-electron chi connectivity index (χ4n) is 3.06. The lowest BCUT2D eigenvalue weighted by molar-refractivity contribution is 0.0606. The van der Waals surface area contributed by atoms with Crippen LogP contribution in [0.15, 0.2) is 39.4 Å². The van der Waals surface area contributed by atoms with E-state index in [4.69, 9.17) is 13.6 Å². The molecule has 124 valence electrons. The highest BCUT2D eigenvalue weighted by Gasteiger charge is 2.33. The van der Waals surface area contributed by atoms with Gasteiger partial charge < -0.3 is 23.6 Å². The van der Waals surface area contributed by atoms with E-state index in [9.17, 15) is 9.90 Å². The van der Waals surface area contributed by atoms with E-state index in [-0.39, 0.29) is 11.9 Å². The van der Waals surface area contributed by atoms with Gasteiger partial charge in [0.15, 0.2) is 5.76 Å². The first-order chi connectivity index (χ1) is 11.2. The summed E-state index contributed by atoms with van der Waals surface area (Å²) in [7, 11) is 1.58. The van der Waals surface area contributed by atoms with Gasteiger partial charge in [0, 0.05) is 26.1 Å². The fourth-order valence-corrected chi connectivity index (χ4v) is 3.06. The highest BCUT2D eigenvalue weighted by atomic mass is 16.5. The second-order valence-electron chi connectivity index (χ2n) is 5.76. The third kappa shape index (κ3) is 3.48. The van der Waals surface area contributed by atoms with Crippen molar-refractivity contribution < 1.29 is 23.5 Å². The number of furan rings is 2. The highest BCUT2D eigenvalue weighted by molar-refractivity contribution is 5.92. The van der Waals surface area contributed by atoms with Crippen molar-refractivity contribution >= 4 is 5.91 Å². The van der Waals surface area contributed by atoms with Crippen LogP contribution in [0.25, 0.3) is 0 Å². The second kappa shape index (κ2) is 7.02. The molecule has 0 bridgehead atoms. The molecular formula is C17H21NO5. The first-order valence-corrected chi connectivity index (χ1v) is 7.79. The molecule has 6 nitrogen and oxygen atoms in total. The minimum atomic E-state index is -0.705.